The van der Waals surface area contributed by atoms with Crippen LogP contribution in [0.25, 0.3) is 0 Å². The SMILES string of the molecule is CCCCCCCCOCCC[AsH2]. The Kier molecular flexibility index (Phi) is 13.0. The van der Waals surface area contributed by atoms with Crippen molar-refractivity contribution >= 4 is 16.9 Å². The standard InChI is InChI=1S/C11H25AsO/c1-2-3-4-5-6-7-10-13-11-8-9-12/h2-12H2,1H3. The molecule has 1 nitrogen and oxygen atoms in total. The molecule has 0 amide bonds. The van der Waals surface area contributed by atoms with E-state index < -0.39 is 0 Å². The molecule has 80 valence electrons. The maximum atomic E-state index is 5.49. The second kappa shape index (κ2) is 12.5. The molecule has 13 heavy (non-hydrogen) atoms. The van der Waals surface area contributed by atoms with Crippen LogP contribution in [0.4, 0.5) is 0 Å². The van der Waals surface area contributed by atoms with Crippen LogP contribution in [0.5, 0.6) is 0 Å². The minimum absolute atomic E-state index is 0.979. The van der Waals surface area contributed by atoms with Crippen molar-refractivity contribution in [2.45, 2.75) is 57.1 Å². The summed E-state index contributed by atoms with van der Waals surface area (Å²) in [6, 6.07) is 0. The quantitative estimate of drug-likeness (QED) is 0.426. The second-order valence-electron chi connectivity index (χ2n) is 3.52. The van der Waals surface area contributed by atoms with Gasteiger partial charge in [-0.15, -0.1) is 0 Å². The maximum absolute atomic E-state index is 5.49. The first-order valence-electron chi connectivity index (χ1n) is 5.69. The predicted octanol–water partition coefficient (Wildman–Crippen LogP) is 2.81. The normalized spacial score (nSPS) is 10.6. The van der Waals surface area contributed by atoms with Crippen LogP contribution in [0.15, 0.2) is 0 Å². The molecule has 0 bridgehead atoms. The van der Waals surface area contributed by atoms with E-state index in [1.54, 1.807) is 0 Å². The molecule has 0 aromatic heterocycles. The molecular formula is C11H25AsO. The third-order valence-electron chi connectivity index (χ3n) is 2.14. The third kappa shape index (κ3) is 12.5. The van der Waals surface area contributed by atoms with Crippen LogP contribution in [-0.2, 0) is 4.74 Å². The zero-order valence-corrected chi connectivity index (χ0v) is 11.5. The Morgan fingerprint density at radius 1 is 0.846 bits per heavy atom. The van der Waals surface area contributed by atoms with Crippen molar-refractivity contribution < 1.29 is 4.74 Å². The van der Waals surface area contributed by atoms with E-state index in [9.17, 15) is 0 Å². The average molecular weight is 248 g/mol. The van der Waals surface area contributed by atoms with Crippen LogP contribution in [0, 0.1) is 0 Å². The topological polar surface area (TPSA) is 9.23 Å². The van der Waals surface area contributed by atoms with E-state index in [1.807, 2.05) is 16.9 Å². The van der Waals surface area contributed by atoms with Crippen LogP contribution in [0.1, 0.15) is 51.9 Å². The Labute approximate surface area is 92.1 Å². The summed E-state index contributed by atoms with van der Waals surface area (Å²) in [6.45, 7) is 4.22. The van der Waals surface area contributed by atoms with Crippen LogP contribution in [-0.4, -0.2) is 30.1 Å². The number of ether oxygens (including phenoxy) is 1. The molecule has 0 saturated heterocycles. The minimum atomic E-state index is 0.979. The summed E-state index contributed by atoms with van der Waals surface area (Å²) in [5.41, 5.74) is 0. The van der Waals surface area contributed by atoms with E-state index in [1.165, 1.54) is 50.2 Å². The summed E-state index contributed by atoms with van der Waals surface area (Å²) in [5, 5.41) is 1.31. The molecule has 0 heterocycles. The second-order valence-corrected chi connectivity index (χ2v) is 4.73. The van der Waals surface area contributed by atoms with Gasteiger partial charge >= 0.3 is 91.9 Å². The summed E-state index contributed by atoms with van der Waals surface area (Å²) in [6.07, 6.45) is 9.42. The fourth-order valence-corrected chi connectivity index (χ4v) is 1.62. The van der Waals surface area contributed by atoms with Crippen molar-refractivity contribution in [2.24, 2.45) is 0 Å². The average Bonchev–Trinajstić information content (AvgIpc) is 2.16. The summed E-state index contributed by atoms with van der Waals surface area (Å²) >= 11 is 1.81. The van der Waals surface area contributed by atoms with E-state index in [0.717, 1.165) is 13.2 Å². The molecule has 0 saturated carbocycles. The predicted molar refractivity (Wildman–Crippen MR) is 62.2 cm³/mol. The summed E-state index contributed by atoms with van der Waals surface area (Å²) in [4.78, 5) is 0. The Morgan fingerprint density at radius 2 is 1.46 bits per heavy atom. The Balaban J connectivity index is 2.76. The van der Waals surface area contributed by atoms with Crippen molar-refractivity contribution in [1.29, 1.82) is 0 Å². The summed E-state index contributed by atoms with van der Waals surface area (Å²) in [5.74, 6) is 0. The van der Waals surface area contributed by atoms with Gasteiger partial charge in [-0.1, -0.05) is 0 Å². The molecule has 0 radical (unpaired) electrons. The van der Waals surface area contributed by atoms with Gasteiger partial charge in [0.2, 0.25) is 0 Å². The van der Waals surface area contributed by atoms with Gasteiger partial charge < -0.3 is 0 Å². The number of rotatable bonds is 10. The van der Waals surface area contributed by atoms with Crippen molar-refractivity contribution in [3.05, 3.63) is 0 Å². The molecule has 2 heteroatoms. The zero-order valence-electron chi connectivity index (χ0n) is 9.06. The van der Waals surface area contributed by atoms with E-state index in [0.29, 0.717) is 0 Å². The van der Waals surface area contributed by atoms with E-state index in [-0.39, 0.29) is 0 Å². The monoisotopic (exact) mass is 248 g/mol. The Bertz CT molecular complexity index is 76.2. The van der Waals surface area contributed by atoms with Gasteiger partial charge in [0.1, 0.15) is 0 Å². The van der Waals surface area contributed by atoms with Gasteiger partial charge in [-0.3, -0.25) is 0 Å². The first-order chi connectivity index (χ1) is 6.41. The molecule has 1 atom stereocenters. The van der Waals surface area contributed by atoms with E-state index >= 15 is 0 Å². The van der Waals surface area contributed by atoms with Gasteiger partial charge in [0.05, 0.1) is 0 Å². The van der Waals surface area contributed by atoms with Gasteiger partial charge in [0.15, 0.2) is 0 Å². The van der Waals surface area contributed by atoms with Crippen LogP contribution in [0.2, 0.25) is 5.21 Å². The molecule has 0 spiro atoms. The molecule has 0 aliphatic rings. The fourth-order valence-electron chi connectivity index (χ4n) is 1.27. The number of hydrogen-bond acceptors (Lipinski definition) is 1. The summed E-state index contributed by atoms with van der Waals surface area (Å²) in [7, 11) is 0. The Hall–Kier alpha value is 0.518. The molecule has 0 fully saturated rings. The van der Waals surface area contributed by atoms with Crippen molar-refractivity contribution in [3.63, 3.8) is 0 Å². The zero-order chi connectivity index (χ0) is 9.78. The first kappa shape index (κ1) is 13.5. The molecule has 1 unspecified atom stereocenters. The van der Waals surface area contributed by atoms with Gasteiger partial charge in [0, 0.05) is 0 Å². The van der Waals surface area contributed by atoms with Crippen molar-refractivity contribution in [3.8, 4) is 0 Å². The molecule has 0 aromatic rings. The molecular weight excluding hydrogens is 223 g/mol. The van der Waals surface area contributed by atoms with Gasteiger partial charge in [-0.2, -0.15) is 0 Å². The van der Waals surface area contributed by atoms with Crippen molar-refractivity contribution in [2.75, 3.05) is 13.2 Å². The van der Waals surface area contributed by atoms with Gasteiger partial charge in [0.25, 0.3) is 0 Å². The molecule has 0 rings (SSSR count). The molecule has 0 aliphatic carbocycles. The molecule has 0 aromatic carbocycles. The first-order valence-corrected chi connectivity index (χ1v) is 7.41. The van der Waals surface area contributed by atoms with Crippen LogP contribution >= 0.6 is 0 Å². The molecule has 0 N–H and O–H groups in total. The van der Waals surface area contributed by atoms with Gasteiger partial charge in [-0.05, 0) is 0 Å². The van der Waals surface area contributed by atoms with Gasteiger partial charge in [-0.25, -0.2) is 0 Å². The van der Waals surface area contributed by atoms with Crippen molar-refractivity contribution in [1.82, 2.24) is 0 Å². The Morgan fingerprint density at radius 3 is 2.15 bits per heavy atom. The molecule has 0 aliphatic heterocycles. The fraction of sp³-hybridized carbons (Fsp3) is 1.00. The van der Waals surface area contributed by atoms with Crippen LogP contribution < -0.4 is 0 Å². The van der Waals surface area contributed by atoms with E-state index in [4.69, 9.17) is 4.74 Å². The summed E-state index contributed by atoms with van der Waals surface area (Å²) < 4.78 is 5.49. The number of hydrogen-bond donors (Lipinski definition) is 0. The van der Waals surface area contributed by atoms with E-state index in [2.05, 4.69) is 6.92 Å². The van der Waals surface area contributed by atoms with Crippen LogP contribution in [0.3, 0.4) is 0 Å². The number of unbranched alkanes of at least 4 members (excludes halogenated alkanes) is 5. The third-order valence-corrected chi connectivity index (χ3v) is 2.99.